The fourth-order valence-corrected chi connectivity index (χ4v) is 5.97. The van der Waals surface area contributed by atoms with Crippen molar-refractivity contribution in [2.45, 2.75) is 58.1 Å². The van der Waals surface area contributed by atoms with E-state index < -0.39 is 5.60 Å². The second-order valence-electron chi connectivity index (χ2n) is 9.38. The van der Waals surface area contributed by atoms with Crippen LogP contribution in [0.1, 0.15) is 51.6 Å². The number of hydrogen-bond acceptors (Lipinski definition) is 4. The van der Waals surface area contributed by atoms with Gasteiger partial charge in [-0.3, -0.25) is 0 Å². The number of aromatic nitrogens is 3. The standard InChI is InChI=1S/C25H28Cl3N3O2/c1-4-23(31-15-29-14-30-31)25(32)17(9-10-24(25,2)3)11-16-5-7-19(13-20(16)27)33-22-8-6-18(26)12-21(22)28/h5-8,12-15,17,23,32H,4,9-11H2,1-3H3. The molecule has 4 rings (SSSR count). The Morgan fingerprint density at radius 2 is 1.94 bits per heavy atom. The van der Waals surface area contributed by atoms with Gasteiger partial charge in [-0.1, -0.05) is 61.6 Å². The van der Waals surface area contributed by atoms with Gasteiger partial charge in [0.15, 0.2) is 0 Å². The van der Waals surface area contributed by atoms with E-state index in [2.05, 4.69) is 30.9 Å². The largest absolute Gasteiger partial charge is 0.456 e. The fraction of sp³-hybridized carbons (Fsp3) is 0.440. The Balaban J connectivity index is 1.58. The molecule has 0 amide bonds. The number of nitrogens with zero attached hydrogens (tertiary/aromatic N) is 3. The van der Waals surface area contributed by atoms with E-state index in [1.54, 1.807) is 35.3 Å². The molecule has 1 aromatic heterocycles. The van der Waals surface area contributed by atoms with Crippen LogP contribution in [0.3, 0.4) is 0 Å². The van der Waals surface area contributed by atoms with Gasteiger partial charge in [0.25, 0.3) is 0 Å². The molecule has 2 aromatic carbocycles. The average molecular weight is 509 g/mol. The number of hydrogen-bond donors (Lipinski definition) is 1. The second-order valence-corrected chi connectivity index (χ2v) is 10.6. The summed E-state index contributed by atoms with van der Waals surface area (Å²) >= 11 is 18.9. The average Bonchev–Trinajstić information content (AvgIpc) is 3.36. The van der Waals surface area contributed by atoms with E-state index in [9.17, 15) is 5.11 Å². The molecule has 5 nitrogen and oxygen atoms in total. The van der Waals surface area contributed by atoms with Crippen molar-refractivity contribution in [3.8, 4) is 11.5 Å². The summed E-state index contributed by atoms with van der Waals surface area (Å²) in [5.74, 6) is 1.12. The Hall–Kier alpha value is -1.79. The van der Waals surface area contributed by atoms with Crippen molar-refractivity contribution in [2.75, 3.05) is 0 Å². The molecular formula is C25H28Cl3N3O2. The molecule has 1 aliphatic rings. The van der Waals surface area contributed by atoms with Crippen molar-refractivity contribution in [3.05, 3.63) is 69.7 Å². The van der Waals surface area contributed by atoms with Gasteiger partial charge in [0.2, 0.25) is 0 Å². The Morgan fingerprint density at radius 1 is 1.15 bits per heavy atom. The third-order valence-corrected chi connectivity index (χ3v) is 7.97. The molecule has 0 saturated heterocycles. The van der Waals surface area contributed by atoms with E-state index in [1.807, 2.05) is 12.1 Å². The van der Waals surface area contributed by atoms with E-state index in [1.165, 1.54) is 6.33 Å². The molecule has 1 fully saturated rings. The predicted molar refractivity (Wildman–Crippen MR) is 132 cm³/mol. The first kappa shape index (κ1) is 24.3. The zero-order chi connectivity index (χ0) is 23.8. The minimum atomic E-state index is -0.954. The molecule has 0 spiro atoms. The molecular weight excluding hydrogens is 481 g/mol. The Labute approximate surface area is 209 Å². The van der Waals surface area contributed by atoms with Crippen LogP contribution in [0.4, 0.5) is 0 Å². The summed E-state index contributed by atoms with van der Waals surface area (Å²) in [4.78, 5) is 4.11. The molecule has 176 valence electrons. The first-order valence-corrected chi connectivity index (χ1v) is 12.3. The lowest BCUT2D eigenvalue weighted by atomic mass is 9.67. The van der Waals surface area contributed by atoms with Gasteiger partial charge in [-0.15, -0.1) is 0 Å². The normalized spacial score (nSPS) is 22.9. The first-order chi connectivity index (χ1) is 15.7. The van der Waals surface area contributed by atoms with E-state index in [-0.39, 0.29) is 17.4 Å². The van der Waals surface area contributed by atoms with Gasteiger partial charge in [0.05, 0.1) is 16.7 Å². The summed E-state index contributed by atoms with van der Waals surface area (Å²) in [6, 6.07) is 10.5. The molecule has 33 heavy (non-hydrogen) atoms. The minimum absolute atomic E-state index is 0.0247. The maximum atomic E-state index is 12.2. The maximum Gasteiger partial charge on any atom is 0.146 e. The predicted octanol–water partition coefficient (Wildman–Crippen LogP) is 7.39. The molecule has 1 aliphatic carbocycles. The Morgan fingerprint density at radius 3 is 2.58 bits per heavy atom. The first-order valence-electron chi connectivity index (χ1n) is 11.1. The molecule has 0 bridgehead atoms. The summed E-state index contributed by atoms with van der Waals surface area (Å²) in [5.41, 5.74) is -0.253. The van der Waals surface area contributed by atoms with Crippen molar-refractivity contribution in [1.29, 1.82) is 0 Å². The molecule has 8 heteroatoms. The number of halogens is 3. The summed E-state index contributed by atoms with van der Waals surface area (Å²) < 4.78 is 7.71. The number of ether oxygens (including phenoxy) is 1. The smallest absolute Gasteiger partial charge is 0.146 e. The van der Waals surface area contributed by atoms with Crippen LogP contribution in [0, 0.1) is 11.3 Å². The number of aliphatic hydroxyl groups is 1. The summed E-state index contributed by atoms with van der Waals surface area (Å²) in [6.45, 7) is 6.36. The van der Waals surface area contributed by atoms with Gasteiger partial charge in [-0.05, 0) is 72.9 Å². The highest BCUT2D eigenvalue weighted by atomic mass is 35.5. The zero-order valence-corrected chi connectivity index (χ0v) is 21.2. The van der Waals surface area contributed by atoms with Gasteiger partial charge >= 0.3 is 0 Å². The van der Waals surface area contributed by atoms with E-state index >= 15 is 0 Å². The van der Waals surface area contributed by atoms with Crippen LogP contribution in [0.25, 0.3) is 0 Å². The van der Waals surface area contributed by atoms with Crippen molar-refractivity contribution >= 4 is 34.8 Å². The van der Waals surface area contributed by atoms with E-state index in [4.69, 9.17) is 39.5 Å². The fourth-order valence-electron chi connectivity index (χ4n) is 5.27. The lowest BCUT2D eigenvalue weighted by Crippen LogP contribution is -2.52. The van der Waals surface area contributed by atoms with Crippen molar-refractivity contribution in [3.63, 3.8) is 0 Å². The quantitative estimate of drug-likeness (QED) is 0.361. The van der Waals surface area contributed by atoms with Gasteiger partial charge < -0.3 is 9.84 Å². The highest BCUT2D eigenvalue weighted by molar-refractivity contribution is 6.35. The van der Waals surface area contributed by atoms with Crippen molar-refractivity contribution in [1.82, 2.24) is 14.8 Å². The van der Waals surface area contributed by atoms with Gasteiger partial charge in [0, 0.05) is 10.0 Å². The third kappa shape index (κ3) is 4.61. The highest BCUT2D eigenvalue weighted by Gasteiger charge is 2.58. The molecule has 3 atom stereocenters. The van der Waals surface area contributed by atoms with Gasteiger partial charge in [-0.2, -0.15) is 5.10 Å². The van der Waals surface area contributed by atoms with Crippen molar-refractivity contribution < 1.29 is 9.84 Å². The van der Waals surface area contributed by atoms with E-state index in [0.29, 0.717) is 33.0 Å². The minimum Gasteiger partial charge on any atom is -0.456 e. The molecule has 3 unspecified atom stereocenters. The zero-order valence-electron chi connectivity index (χ0n) is 18.9. The molecule has 0 radical (unpaired) electrons. The van der Waals surface area contributed by atoms with Gasteiger partial charge in [-0.25, -0.2) is 9.67 Å². The third-order valence-electron chi connectivity index (χ3n) is 7.09. The summed E-state index contributed by atoms with van der Waals surface area (Å²) in [5, 5.41) is 18.1. The SMILES string of the molecule is CCC(n1cncn1)C1(O)C(Cc2ccc(Oc3ccc(Cl)cc3Cl)cc2Cl)CCC1(C)C. The molecule has 3 aromatic rings. The van der Waals surface area contributed by atoms with E-state index in [0.717, 1.165) is 24.8 Å². The number of benzene rings is 2. The molecule has 1 heterocycles. The van der Waals surface area contributed by atoms with Crippen LogP contribution in [0.5, 0.6) is 11.5 Å². The summed E-state index contributed by atoms with van der Waals surface area (Å²) in [6.07, 6.45) is 6.45. The molecule has 1 N–H and O–H groups in total. The lowest BCUT2D eigenvalue weighted by molar-refractivity contribution is -0.119. The Bertz CT molecular complexity index is 1120. The second kappa shape index (κ2) is 9.46. The topological polar surface area (TPSA) is 60.2 Å². The lowest BCUT2D eigenvalue weighted by Gasteiger charge is -2.46. The number of rotatable bonds is 7. The van der Waals surface area contributed by atoms with Crippen LogP contribution in [-0.2, 0) is 6.42 Å². The summed E-state index contributed by atoms with van der Waals surface area (Å²) in [7, 11) is 0. The maximum absolute atomic E-state index is 12.2. The van der Waals surface area contributed by atoms with Gasteiger partial charge in [0.1, 0.15) is 24.2 Å². The van der Waals surface area contributed by atoms with Crippen LogP contribution >= 0.6 is 34.8 Å². The highest BCUT2D eigenvalue weighted by Crippen LogP contribution is 2.56. The molecule has 1 saturated carbocycles. The Kier molecular flexibility index (Phi) is 6.97. The monoisotopic (exact) mass is 507 g/mol. The van der Waals surface area contributed by atoms with Crippen molar-refractivity contribution in [2.24, 2.45) is 11.3 Å². The van der Waals surface area contributed by atoms with Crippen LogP contribution in [-0.4, -0.2) is 25.5 Å². The molecule has 0 aliphatic heterocycles. The van der Waals surface area contributed by atoms with Crippen LogP contribution in [0.15, 0.2) is 49.1 Å². The van der Waals surface area contributed by atoms with Crippen LogP contribution < -0.4 is 4.74 Å². The van der Waals surface area contributed by atoms with Crippen LogP contribution in [0.2, 0.25) is 15.1 Å².